The van der Waals surface area contributed by atoms with Crippen molar-refractivity contribution < 1.29 is 8.42 Å². The second-order valence-corrected chi connectivity index (χ2v) is 9.06. The summed E-state index contributed by atoms with van der Waals surface area (Å²) in [6.45, 7) is 4.67. The lowest BCUT2D eigenvalue weighted by molar-refractivity contribution is 0.242. The summed E-state index contributed by atoms with van der Waals surface area (Å²) < 4.78 is 25.0. The van der Waals surface area contributed by atoms with Crippen LogP contribution in [0.2, 0.25) is 0 Å². The van der Waals surface area contributed by atoms with Crippen molar-refractivity contribution in [2.24, 2.45) is 11.8 Å². The predicted octanol–water partition coefficient (Wildman–Crippen LogP) is 2.61. The molecule has 0 bridgehead atoms. The second kappa shape index (κ2) is 7.93. The van der Waals surface area contributed by atoms with Gasteiger partial charge in [-0.2, -0.15) is 0 Å². The molecule has 0 amide bonds. The summed E-state index contributed by atoms with van der Waals surface area (Å²) in [6.07, 6.45) is 11.7. The lowest BCUT2D eigenvalue weighted by Gasteiger charge is -2.33. The molecule has 1 N–H and O–H groups in total. The van der Waals surface area contributed by atoms with Gasteiger partial charge in [-0.25, -0.2) is 12.7 Å². The summed E-state index contributed by atoms with van der Waals surface area (Å²) in [7, 11) is -3.02. The molecule has 1 heterocycles. The van der Waals surface area contributed by atoms with E-state index in [9.17, 15) is 8.42 Å². The van der Waals surface area contributed by atoms with Gasteiger partial charge in [0.1, 0.15) is 0 Å². The molecule has 1 unspecified atom stereocenters. The molecule has 0 spiro atoms. The number of sulfonamides is 1. The number of piperidine rings is 1. The van der Waals surface area contributed by atoms with Crippen molar-refractivity contribution in [1.82, 2.24) is 9.62 Å². The Morgan fingerprint density at radius 3 is 2.38 bits per heavy atom. The Hall–Kier alpha value is -0.130. The minimum atomic E-state index is -3.02. The fourth-order valence-corrected chi connectivity index (χ4v) is 4.77. The fraction of sp³-hybridized carbons (Fsp3) is 1.00. The number of rotatable bonds is 5. The summed E-state index contributed by atoms with van der Waals surface area (Å²) >= 11 is 0. The Balaban J connectivity index is 1.76. The largest absolute Gasteiger partial charge is 0.314 e. The van der Waals surface area contributed by atoms with Crippen molar-refractivity contribution >= 4 is 10.0 Å². The van der Waals surface area contributed by atoms with Crippen LogP contribution < -0.4 is 5.32 Å². The minimum absolute atomic E-state index is 0.474. The number of nitrogens with one attached hydrogen (secondary N) is 1. The quantitative estimate of drug-likeness (QED) is 0.793. The normalized spacial score (nSPS) is 28.2. The predicted molar refractivity (Wildman–Crippen MR) is 87.8 cm³/mol. The van der Waals surface area contributed by atoms with Crippen molar-refractivity contribution in [3.05, 3.63) is 0 Å². The van der Waals surface area contributed by atoms with E-state index in [1.165, 1.54) is 44.8 Å². The Bertz CT molecular complexity index is 403. The van der Waals surface area contributed by atoms with Crippen molar-refractivity contribution in [2.75, 3.05) is 25.9 Å². The maximum Gasteiger partial charge on any atom is 0.211 e. The summed E-state index contributed by atoms with van der Waals surface area (Å²) in [4.78, 5) is 0. The average molecular weight is 317 g/mol. The molecule has 2 rings (SSSR count). The summed E-state index contributed by atoms with van der Waals surface area (Å²) in [5.74, 6) is 1.28. The van der Waals surface area contributed by atoms with E-state index in [0.29, 0.717) is 25.0 Å². The molecule has 2 atom stereocenters. The highest BCUT2D eigenvalue weighted by Crippen LogP contribution is 2.26. The van der Waals surface area contributed by atoms with Crippen LogP contribution in [0.3, 0.4) is 0 Å². The third kappa shape index (κ3) is 5.53. The molecule has 0 aromatic rings. The van der Waals surface area contributed by atoms with E-state index in [1.807, 2.05) is 0 Å². The van der Waals surface area contributed by atoms with E-state index in [2.05, 4.69) is 12.2 Å². The van der Waals surface area contributed by atoms with Gasteiger partial charge in [0.05, 0.1) is 6.26 Å². The topological polar surface area (TPSA) is 49.4 Å². The van der Waals surface area contributed by atoms with E-state index < -0.39 is 10.0 Å². The Morgan fingerprint density at radius 2 is 1.76 bits per heavy atom. The maximum absolute atomic E-state index is 11.7. The first-order valence-corrected chi connectivity index (χ1v) is 10.5. The van der Waals surface area contributed by atoms with Crippen LogP contribution >= 0.6 is 0 Å². The molecule has 2 aliphatic rings. The molecule has 0 aromatic heterocycles. The van der Waals surface area contributed by atoms with E-state index in [-0.39, 0.29) is 0 Å². The minimum Gasteiger partial charge on any atom is -0.314 e. The van der Waals surface area contributed by atoms with Gasteiger partial charge in [0.2, 0.25) is 10.0 Å². The van der Waals surface area contributed by atoms with Gasteiger partial charge in [-0.05, 0) is 51.0 Å². The first-order chi connectivity index (χ1) is 9.97. The van der Waals surface area contributed by atoms with Crippen molar-refractivity contribution in [3.8, 4) is 0 Å². The van der Waals surface area contributed by atoms with Crippen LogP contribution in [0.4, 0.5) is 0 Å². The van der Waals surface area contributed by atoms with E-state index in [1.54, 1.807) is 4.31 Å². The number of hydrogen-bond acceptors (Lipinski definition) is 3. The van der Waals surface area contributed by atoms with Gasteiger partial charge in [0.25, 0.3) is 0 Å². The molecular formula is C16H32N2O2S. The zero-order valence-electron chi connectivity index (χ0n) is 13.7. The van der Waals surface area contributed by atoms with Gasteiger partial charge in [0.15, 0.2) is 0 Å². The lowest BCUT2D eigenvalue weighted by atomic mass is 9.92. The lowest BCUT2D eigenvalue weighted by Crippen LogP contribution is -2.44. The SMILES string of the molecule is C[C@H](NCC1CCCN(S(C)(=O)=O)C1)C1CCCCCC1. The second-order valence-electron chi connectivity index (χ2n) is 7.08. The zero-order chi connectivity index (χ0) is 15.3. The van der Waals surface area contributed by atoms with Gasteiger partial charge in [-0.3, -0.25) is 0 Å². The van der Waals surface area contributed by atoms with Crippen LogP contribution in [0, 0.1) is 11.8 Å². The van der Waals surface area contributed by atoms with Gasteiger partial charge in [0, 0.05) is 19.1 Å². The summed E-state index contributed by atoms with van der Waals surface area (Å²) in [5, 5.41) is 3.70. The summed E-state index contributed by atoms with van der Waals surface area (Å²) in [6, 6.07) is 0.566. The van der Waals surface area contributed by atoms with E-state index >= 15 is 0 Å². The van der Waals surface area contributed by atoms with Gasteiger partial charge in [-0.1, -0.05) is 25.7 Å². The fourth-order valence-electron chi connectivity index (χ4n) is 3.82. The van der Waals surface area contributed by atoms with Crippen LogP contribution in [0.5, 0.6) is 0 Å². The molecule has 1 saturated heterocycles. The smallest absolute Gasteiger partial charge is 0.211 e. The molecule has 1 aliphatic heterocycles. The van der Waals surface area contributed by atoms with Crippen LogP contribution in [0.1, 0.15) is 58.3 Å². The highest BCUT2D eigenvalue weighted by atomic mass is 32.2. The van der Waals surface area contributed by atoms with Gasteiger partial charge < -0.3 is 5.32 Å². The van der Waals surface area contributed by atoms with Gasteiger partial charge >= 0.3 is 0 Å². The molecule has 0 radical (unpaired) electrons. The van der Waals surface area contributed by atoms with Crippen LogP contribution in [-0.4, -0.2) is 44.7 Å². The number of nitrogens with zero attached hydrogens (tertiary/aromatic N) is 1. The van der Waals surface area contributed by atoms with Crippen molar-refractivity contribution in [3.63, 3.8) is 0 Å². The van der Waals surface area contributed by atoms with Crippen molar-refractivity contribution in [1.29, 1.82) is 0 Å². The third-order valence-corrected chi connectivity index (χ3v) is 6.56. The zero-order valence-corrected chi connectivity index (χ0v) is 14.5. The molecule has 2 fully saturated rings. The average Bonchev–Trinajstić information content (AvgIpc) is 2.73. The maximum atomic E-state index is 11.7. The number of hydrogen-bond donors (Lipinski definition) is 1. The molecule has 0 aromatic carbocycles. The Morgan fingerprint density at radius 1 is 1.10 bits per heavy atom. The Labute approximate surface area is 130 Å². The molecule has 1 aliphatic carbocycles. The van der Waals surface area contributed by atoms with Gasteiger partial charge in [-0.15, -0.1) is 0 Å². The molecule has 4 nitrogen and oxygen atoms in total. The molecule has 124 valence electrons. The highest BCUT2D eigenvalue weighted by molar-refractivity contribution is 7.88. The standard InChI is InChI=1S/C16H32N2O2S/c1-14(16-9-5-3-4-6-10-16)17-12-15-8-7-11-18(13-15)21(2,19)20/h14-17H,3-13H2,1-2H3/t14-,15?/m0/s1. The van der Waals surface area contributed by atoms with Crippen LogP contribution in [-0.2, 0) is 10.0 Å². The van der Waals surface area contributed by atoms with E-state index in [4.69, 9.17) is 0 Å². The van der Waals surface area contributed by atoms with Crippen LogP contribution in [0.15, 0.2) is 0 Å². The molecule has 1 saturated carbocycles. The van der Waals surface area contributed by atoms with Crippen molar-refractivity contribution in [2.45, 2.75) is 64.3 Å². The summed E-state index contributed by atoms with van der Waals surface area (Å²) in [5.41, 5.74) is 0. The third-order valence-electron chi connectivity index (χ3n) is 5.29. The molecular weight excluding hydrogens is 284 g/mol. The van der Waals surface area contributed by atoms with E-state index in [0.717, 1.165) is 25.3 Å². The first-order valence-electron chi connectivity index (χ1n) is 8.65. The monoisotopic (exact) mass is 316 g/mol. The van der Waals surface area contributed by atoms with Crippen LogP contribution in [0.25, 0.3) is 0 Å². The highest BCUT2D eigenvalue weighted by Gasteiger charge is 2.26. The Kier molecular flexibility index (Phi) is 6.51. The first kappa shape index (κ1) is 17.2. The molecule has 21 heavy (non-hydrogen) atoms. The molecule has 5 heteroatoms.